The lowest BCUT2D eigenvalue weighted by Crippen LogP contribution is -2.38. The predicted octanol–water partition coefficient (Wildman–Crippen LogP) is 4.00. The van der Waals surface area contributed by atoms with Gasteiger partial charge in [-0.3, -0.25) is 9.69 Å². The minimum absolute atomic E-state index is 0.00847. The summed E-state index contributed by atoms with van der Waals surface area (Å²) in [5.74, 6) is 0.779. The van der Waals surface area contributed by atoms with Crippen molar-refractivity contribution in [3.8, 4) is 5.75 Å². The lowest BCUT2D eigenvalue weighted by molar-refractivity contribution is 0.0366. The van der Waals surface area contributed by atoms with Crippen molar-refractivity contribution in [3.63, 3.8) is 0 Å². The Kier molecular flexibility index (Phi) is 5.91. The number of hydrogen-bond acceptors (Lipinski definition) is 4. The van der Waals surface area contributed by atoms with Crippen molar-refractivity contribution in [2.45, 2.75) is 13.1 Å². The zero-order valence-electron chi connectivity index (χ0n) is 18.1. The van der Waals surface area contributed by atoms with Gasteiger partial charge in [0.1, 0.15) is 5.75 Å². The number of benzene rings is 2. The molecule has 1 aliphatic heterocycles. The highest BCUT2D eigenvalue weighted by Crippen LogP contribution is 2.33. The van der Waals surface area contributed by atoms with E-state index in [9.17, 15) is 4.79 Å². The molecule has 1 fully saturated rings. The molecule has 2 aromatic carbocycles. The van der Waals surface area contributed by atoms with Crippen molar-refractivity contribution in [3.05, 3.63) is 75.7 Å². The summed E-state index contributed by atoms with van der Waals surface area (Å²) in [5.41, 5.74) is 2.89. The lowest BCUT2D eigenvalue weighted by Gasteiger charge is -2.27. The van der Waals surface area contributed by atoms with Gasteiger partial charge in [0.2, 0.25) is 0 Å². The number of hydrogen-bond donors (Lipinski definition) is 0. The molecule has 2 aromatic heterocycles. The Labute approximate surface area is 191 Å². The molecule has 0 amide bonds. The van der Waals surface area contributed by atoms with Crippen molar-refractivity contribution in [1.82, 2.24) is 14.0 Å². The summed E-state index contributed by atoms with van der Waals surface area (Å²) in [5, 5.41) is 2.32. The Balaban J connectivity index is 1.61. The van der Waals surface area contributed by atoms with Crippen LogP contribution in [0.25, 0.3) is 21.8 Å². The first-order chi connectivity index (χ1) is 15.7. The number of aromatic nitrogens is 2. The van der Waals surface area contributed by atoms with Crippen LogP contribution in [0.3, 0.4) is 0 Å². The van der Waals surface area contributed by atoms with Crippen LogP contribution >= 0.6 is 11.6 Å². The van der Waals surface area contributed by atoms with E-state index in [4.69, 9.17) is 21.1 Å². The second-order valence-corrected chi connectivity index (χ2v) is 8.54. The van der Waals surface area contributed by atoms with E-state index in [1.54, 1.807) is 11.7 Å². The summed E-state index contributed by atoms with van der Waals surface area (Å²) in [6, 6.07) is 15.6. The maximum absolute atomic E-state index is 13.6. The number of rotatable bonds is 6. The third-order valence-electron chi connectivity index (χ3n) is 6.18. The fourth-order valence-corrected chi connectivity index (χ4v) is 4.80. The average Bonchev–Trinajstić information content (AvgIpc) is 3.14. The van der Waals surface area contributed by atoms with Crippen LogP contribution in [0.15, 0.2) is 59.5 Å². The standard InChI is InChI=1S/C25H26ClN3O3/c1-31-22-7-3-6-20-23-21(29(24(20)22)11-10-27-12-14-32-15-13-27)8-9-28(25(23)30)17-18-4-2-5-19(26)16-18/h2-9,16H,10-15,17H2,1H3. The Morgan fingerprint density at radius 3 is 2.66 bits per heavy atom. The zero-order chi connectivity index (χ0) is 22.1. The van der Waals surface area contributed by atoms with Gasteiger partial charge in [-0.15, -0.1) is 0 Å². The molecule has 0 spiro atoms. The van der Waals surface area contributed by atoms with E-state index in [0.717, 1.165) is 72.5 Å². The van der Waals surface area contributed by atoms with Crippen LogP contribution in [-0.4, -0.2) is 54.0 Å². The Bertz CT molecular complexity index is 1320. The van der Waals surface area contributed by atoms with Gasteiger partial charge in [0, 0.05) is 42.8 Å². The molecule has 0 bridgehead atoms. The minimum atomic E-state index is -0.00847. The van der Waals surface area contributed by atoms with E-state index in [0.29, 0.717) is 11.6 Å². The molecular formula is C25H26ClN3O3. The normalized spacial score (nSPS) is 14.9. The number of methoxy groups -OCH3 is 1. The Morgan fingerprint density at radius 1 is 1.06 bits per heavy atom. The minimum Gasteiger partial charge on any atom is -0.495 e. The zero-order valence-corrected chi connectivity index (χ0v) is 18.8. The maximum atomic E-state index is 13.6. The van der Waals surface area contributed by atoms with E-state index in [2.05, 4.69) is 9.47 Å². The summed E-state index contributed by atoms with van der Waals surface area (Å²) in [7, 11) is 1.68. The lowest BCUT2D eigenvalue weighted by atomic mass is 10.1. The Morgan fingerprint density at radius 2 is 1.88 bits per heavy atom. The van der Waals surface area contributed by atoms with E-state index in [1.807, 2.05) is 54.7 Å². The maximum Gasteiger partial charge on any atom is 0.260 e. The van der Waals surface area contributed by atoms with Crippen LogP contribution in [0, 0.1) is 0 Å². The van der Waals surface area contributed by atoms with Crippen molar-refractivity contribution < 1.29 is 9.47 Å². The highest BCUT2D eigenvalue weighted by atomic mass is 35.5. The highest BCUT2D eigenvalue weighted by molar-refractivity contribution is 6.30. The molecule has 1 aliphatic rings. The molecule has 166 valence electrons. The van der Waals surface area contributed by atoms with E-state index >= 15 is 0 Å². The molecule has 0 saturated carbocycles. The summed E-state index contributed by atoms with van der Waals surface area (Å²) in [6.07, 6.45) is 1.88. The van der Waals surface area contributed by atoms with Gasteiger partial charge in [-0.1, -0.05) is 35.9 Å². The SMILES string of the molecule is COc1cccc2c3c(=O)n(Cc4cccc(Cl)c4)ccc3n(CCN3CCOCC3)c12. The van der Waals surface area contributed by atoms with Gasteiger partial charge in [0.05, 0.1) is 43.3 Å². The number of pyridine rings is 1. The van der Waals surface area contributed by atoms with Crippen LogP contribution in [0.1, 0.15) is 5.56 Å². The second-order valence-electron chi connectivity index (χ2n) is 8.10. The molecule has 5 rings (SSSR count). The fourth-order valence-electron chi connectivity index (χ4n) is 4.59. The number of morpholine rings is 1. The van der Waals surface area contributed by atoms with Crippen molar-refractivity contribution in [1.29, 1.82) is 0 Å². The summed E-state index contributed by atoms with van der Waals surface area (Å²) in [6.45, 7) is 5.54. The third kappa shape index (κ3) is 3.90. The Hall–Kier alpha value is -2.80. The second kappa shape index (κ2) is 8.98. The molecule has 1 saturated heterocycles. The summed E-state index contributed by atoms with van der Waals surface area (Å²) >= 11 is 6.14. The largest absolute Gasteiger partial charge is 0.495 e. The number of fused-ring (bicyclic) bond motifs is 3. The molecule has 0 N–H and O–H groups in total. The van der Waals surface area contributed by atoms with Crippen molar-refractivity contribution in [2.24, 2.45) is 0 Å². The predicted molar refractivity (Wildman–Crippen MR) is 128 cm³/mol. The van der Waals surface area contributed by atoms with Gasteiger partial charge in [-0.05, 0) is 29.8 Å². The number of nitrogens with zero attached hydrogens (tertiary/aromatic N) is 3. The van der Waals surface area contributed by atoms with E-state index in [1.165, 1.54) is 0 Å². The first-order valence-electron chi connectivity index (χ1n) is 10.9. The molecule has 0 atom stereocenters. The molecule has 0 radical (unpaired) electrons. The molecular weight excluding hydrogens is 426 g/mol. The average molecular weight is 452 g/mol. The highest BCUT2D eigenvalue weighted by Gasteiger charge is 2.19. The van der Waals surface area contributed by atoms with Crippen LogP contribution < -0.4 is 10.3 Å². The van der Waals surface area contributed by atoms with Gasteiger partial charge >= 0.3 is 0 Å². The topological polar surface area (TPSA) is 48.6 Å². The summed E-state index contributed by atoms with van der Waals surface area (Å²) in [4.78, 5) is 16.0. The van der Waals surface area contributed by atoms with Crippen molar-refractivity contribution >= 4 is 33.4 Å². The molecule has 6 nitrogen and oxygen atoms in total. The van der Waals surface area contributed by atoms with Crippen LogP contribution in [0.4, 0.5) is 0 Å². The molecule has 0 aliphatic carbocycles. The van der Waals surface area contributed by atoms with Crippen LogP contribution in [0.5, 0.6) is 5.75 Å². The fraction of sp³-hybridized carbons (Fsp3) is 0.320. The quantitative estimate of drug-likeness (QED) is 0.444. The monoisotopic (exact) mass is 451 g/mol. The number of para-hydroxylation sites is 1. The summed E-state index contributed by atoms with van der Waals surface area (Å²) < 4.78 is 15.1. The third-order valence-corrected chi connectivity index (χ3v) is 6.41. The van der Waals surface area contributed by atoms with E-state index < -0.39 is 0 Å². The molecule has 4 aromatic rings. The first-order valence-corrected chi connectivity index (χ1v) is 11.3. The van der Waals surface area contributed by atoms with Crippen LogP contribution in [0.2, 0.25) is 5.02 Å². The molecule has 32 heavy (non-hydrogen) atoms. The van der Waals surface area contributed by atoms with Gasteiger partial charge in [-0.2, -0.15) is 0 Å². The molecule has 7 heteroatoms. The van der Waals surface area contributed by atoms with Gasteiger partial charge in [-0.25, -0.2) is 0 Å². The van der Waals surface area contributed by atoms with Crippen molar-refractivity contribution in [2.75, 3.05) is 40.0 Å². The molecule has 3 heterocycles. The van der Waals surface area contributed by atoms with E-state index in [-0.39, 0.29) is 5.56 Å². The van der Waals surface area contributed by atoms with Gasteiger partial charge in [0.25, 0.3) is 5.56 Å². The number of halogens is 1. The van der Waals surface area contributed by atoms with Gasteiger partial charge in [0.15, 0.2) is 0 Å². The molecule has 0 unspecified atom stereocenters. The smallest absolute Gasteiger partial charge is 0.260 e. The number of ether oxygens (including phenoxy) is 2. The first kappa shape index (κ1) is 21.1. The van der Waals surface area contributed by atoms with Gasteiger partial charge < -0.3 is 18.6 Å². The van der Waals surface area contributed by atoms with Crippen LogP contribution in [-0.2, 0) is 17.8 Å².